The molecule has 0 bridgehead atoms. The van der Waals surface area contributed by atoms with E-state index in [2.05, 4.69) is 21.4 Å². The molecular formula is C27H26N4O2. The second-order valence-corrected chi connectivity index (χ2v) is 8.41. The van der Waals surface area contributed by atoms with Crippen LogP contribution in [0.25, 0.3) is 22.0 Å². The molecule has 2 N–H and O–H groups in total. The van der Waals surface area contributed by atoms with Crippen LogP contribution in [-0.2, 0) is 29.0 Å². The molecule has 166 valence electrons. The molecule has 0 spiro atoms. The Morgan fingerprint density at radius 2 is 1.73 bits per heavy atom. The van der Waals surface area contributed by atoms with Gasteiger partial charge in [-0.15, -0.1) is 0 Å². The van der Waals surface area contributed by atoms with Crippen LogP contribution in [0, 0.1) is 0 Å². The van der Waals surface area contributed by atoms with Gasteiger partial charge < -0.3 is 15.2 Å². The molecule has 1 aliphatic heterocycles. The van der Waals surface area contributed by atoms with Crippen LogP contribution in [-0.4, -0.2) is 27.9 Å². The topological polar surface area (TPSA) is 76.0 Å². The number of fused-ring (bicyclic) bond motifs is 2. The van der Waals surface area contributed by atoms with Gasteiger partial charge in [0.2, 0.25) is 11.8 Å². The van der Waals surface area contributed by atoms with E-state index >= 15 is 0 Å². The monoisotopic (exact) mass is 438 g/mol. The number of rotatable bonds is 6. The molecular weight excluding hydrogens is 412 g/mol. The summed E-state index contributed by atoms with van der Waals surface area (Å²) in [6, 6.07) is 21.5. The summed E-state index contributed by atoms with van der Waals surface area (Å²) >= 11 is 0. The van der Waals surface area contributed by atoms with Crippen LogP contribution in [0.3, 0.4) is 0 Å². The van der Waals surface area contributed by atoms with Crippen molar-refractivity contribution in [1.29, 1.82) is 0 Å². The maximum atomic E-state index is 12.4. The van der Waals surface area contributed by atoms with Crippen molar-refractivity contribution in [2.75, 3.05) is 11.9 Å². The molecule has 4 aromatic rings. The molecule has 0 atom stereocenters. The summed E-state index contributed by atoms with van der Waals surface area (Å²) in [5.74, 6) is 0.708. The van der Waals surface area contributed by atoms with Gasteiger partial charge >= 0.3 is 0 Å². The minimum absolute atomic E-state index is 0.0703. The molecule has 3 aromatic carbocycles. The van der Waals surface area contributed by atoms with Gasteiger partial charge in [0.15, 0.2) is 0 Å². The van der Waals surface area contributed by atoms with Gasteiger partial charge in [-0.25, -0.2) is 4.98 Å². The van der Waals surface area contributed by atoms with E-state index in [0.717, 1.165) is 46.4 Å². The lowest BCUT2D eigenvalue weighted by atomic mass is 10.0. The van der Waals surface area contributed by atoms with Gasteiger partial charge in [0, 0.05) is 30.4 Å². The molecule has 0 saturated carbocycles. The van der Waals surface area contributed by atoms with Crippen molar-refractivity contribution in [1.82, 2.24) is 14.9 Å². The Labute approximate surface area is 192 Å². The highest BCUT2D eigenvalue weighted by Gasteiger charge is 2.13. The SMILES string of the molecule is O=C(Cc1cccc2ccccc12)NCC(=O)Nc1ccc(-c2cn3c(n2)CCCC3)cc1. The number of imidazole rings is 1. The number of carbonyl (C=O) groups is 2. The molecule has 0 fully saturated rings. The van der Waals surface area contributed by atoms with E-state index in [1.165, 1.54) is 12.8 Å². The van der Waals surface area contributed by atoms with Crippen molar-refractivity contribution < 1.29 is 9.59 Å². The summed E-state index contributed by atoms with van der Waals surface area (Å²) < 4.78 is 2.23. The highest BCUT2D eigenvalue weighted by molar-refractivity contribution is 5.96. The first kappa shape index (κ1) is 20.9. The zero-order valence-corrected chi connectivity index (χ0v) is 18.4. The van der Waals surface area contributed by atoms with Crippen LogP contribution < -0.4 is 10.6 Å². The minimum atomic E-state index is -0.258. The fraction of sp³-hybridized carbons (Fsp3) is 0.222. The number of carbonyl (C=O) groups excluding carboxylic acids is 2. The predicted molar refractivity (Wildman–Crippen MR) is 130 cm³/mol. The summed E-state index contributed by atoms with van der Waals surface area (Å²) in [7, 11) is 0. The molecule has 0 unspecified atom stereocenters. The van der Waals surface area contributed by atoms with Crippen molar-refractivity contribution in [3.63, 3.8) is 0 Å². The largest absolute Gasteiger partial charge is 0.347 e. The predicted octanol–water partition coefficient (Wildman–Crippen LogP) is 4.34. The van der Waals surface area contributed by atoms with E-state index in [0.29, 0.717) is 5.69 Å². The first-order valence-corrected chi connectivity index (χ1v) is 11.4. The molecule has 2 heterocycles. The van der Waals surface area contributed by atoms with E-state index in [4.69, 9.17) is 4.98 Å². The maximum absolute atomic E-state index is 12.4. The summed E-state index contributed by atoms with van der Waals surface area (Å²) in [5.41, 5.74) is 3.63. The number of nitrogens with one attached hydrogen (secondary N) is 2. The van der Waals surface area contributed by atoms with E-state index in [9.17, 15) is 9.59 Å². The van der Waals surface area contributed by atoms with Gasteiger partial charge in [-0.1, -0.05) is 54.6 Å². The van der Waals surface area contributed by atoms with Crippen LogP contribution in [0.2, 0.25) is 0 Å². The summed E-state index contributed by atoms with van der Waals surface area (Å²) in [6.45, 7) is 0.960. The van der Waals surface area contributed by atoms with Crippen LogP contribution in [0.5, 0.6) is 0 Å². The number of aryl methyl sites for hydroxylation is 2. The van der Waals surface area contributed by atoms with E-state index in [1.54, 1.807) is 0 Å². The molecule has 1 aromatic heterocycles. The van der Waals surface area contributed by atoms with Crippen molar-refractivity contribution >= 4 is 28.3 Å². The zero-order valence-electron chi connectivity index (χ0n) is 18.4. The number of benzene rings is 3. The van der Waals surface area contributed by atoms with Crippen molar-refractivity contribution in [2.45, 2.75) is 32.2 Å². The van der Waals surface area contributed by atoms with Crippen molar-refractivity contribution in [3.05, 3.63) is 84.3 Å². The third-order valence-electron chi connectivity index (χ3n) is 6.05. The first-order valence-electron chi connectivity index (χ1n) is 11.4. The standard InChI is InChI=1S/C27H26N4O2/c32-26(16-21-8-5-7-19-6-1-2-9-23(19)21)28-17-27(33)29-22-13-11-20(12-14-22)24-18-31-15-4-3-10-25(31)30-24/h1-2,5-9,11-14,18H,3-4,10,15-17H2,(H,28,32)(H,29,33). The summed E-state index contributed by atoms with van der Waals surface area (Å²) in [6.07, 6.45) is 5.76. The van der Waals surface area contributed by atoms with Crippen LogP contribution in [0.15, 0.2) is 72.9 Å². The number of anilines is 1. The highest BCUT2D eigenvalue weighted by atomic mass is 16.2. The second kappa shape index (κ2) is 9.28. The molecule has 6 nitrogen and oxygen atoms in total. The maximum Gasteiger partial charge on any atom is 0.243 e. The van der Waals surface area contributed by atoms with Gasteiger partial charge in [0.05, 0.1) is 18.7 Å². The lowest BCUT2D eigenvalue weighted by molar-refractivity contribution is -0.123. The first-order chi connectivity index (χ1) is 16.2. The van der Waals surface area contributed by atoms with E-state index in [-0.39, 0.29) is 24.8 Å². The Bertz CT molecular complexity index is 1280. The normalized spacial score (nSPS) is 12.8. The number of aromatic nitrogens is 2. The lowest BCUT2D eigenvalue weighted by Crippen LogP contribution is -2.33. The fourth-order valence-corrected chi connectivity index (χ4v) is 4.34. The zero-order chi connectivity index (χ0) is 22.6. The molecule has 0 radical (unpaired) electrons. The second-order valence-electron chi connectivity index (χ2n) is 8.41. The Hall–Kier alpha value is -3.93. The Balaban J connectivity index is 1.15. The van der Waals surface area contributed by atoms with Crippen molar-refractivity contribution in [2.24, 2.45) is 0 Å². The van der Waals surface area contributed by atoms with Crippen LogP contribution in [0.1, 0.15) is 24.2 Å². The third-order valence-corrected chi connectivity index (χ3v) is 6.05. The average molecular weight is 439 g/mol. The number of amides is 2. The van der Waals surface area contributed by atoms with Crippen LogP contribution in [0.4, 0.5) is 5.69 Å². The number of hydrogen-bond donors (Lipinski definition) is 2. The third kappa shape index (κ3) is 4.80. The van der Waals surface area contributed by atoms with E-state index in [1.807, 2.05) is 66.7 Å². The average Bonchev–Trinajstić information content (AvgIpc) is 3.28. The quantitative estimate of drug-likeness (QED) is 0.470. The lowest BCUT2D eigenvalue weighted by Gasteiger charge is -2.11. The van der Waals surface area contributed by atoms with Gasteiger partial charge in [-0.2, -0.15) is 0 Å². The smallest absolute Gasteiger partial charge is 0.243 e. The van der Waals surface area contributed by atoms with Gasteiger partial charge in [0.25, 0.3) is 0 Å². The van der Waals surface area contributed by atoms with Gasteiger partial charge in [-0.05, 0) is 41.3 Å². The van der Waals surface area contributed by atoms with Gasteiger partial charge in [0.1, 0.15) is 5.82 Å². The molecule has 5 rings (SSSR count). The molecule has 33 heavy (non-hydrogen) atoms. The van der Waals surface area contributed by atoms with Crippen LogP contribution >= 0.6 is 0 Å². The number of nitrogens with zero attached hydrogens (tertiary/aromatic N) is 2. The Morgan fingerprint density at radius 1 is 0.909 bits per heavy atom. The molecule has 0 saturated heterocycles. The number of hydrogen-bond acceptors (Lipinski definition) is 3. The van der Waals surface area contributed by atoms with E-state index < -0.39 is 0 Å². The van der Waals surface area contributed by atoms with Gasteiger partial charge in [-0.3, -0.25) is 9.59 Å². The molecule has 1 aliphatic rings. The Morgan fingerprint density at radius 3 is 2.58 bits per heavy atom. The fourth-order valence-electron chi connectivity index (χ4n) is 4.34. The molecule has 2 amide bonds. The summed E-state index contributed by atoms with van der Waals surface area (Å²) in [4.78, 5) is 29.5. The molecule has 6 heteroatoms. The Kier molecular flexibility index (Phi) is 5.89. The molecule has 0 aliphatic carbocycles. The summed E-state index contributed by atoms with van der Waals surface area (Å²) in [5, 5.41) is 7.71. The minimum Gasteiger partial charge on any atom is -0.347 e. The highest BCUT2D eigenvalue weighted by Crippen LogP contribution is 2.24. The van der Waals surface area contributed by atoms with Crippen molar-refractivity contribution in [3.8, 4) is 11.3 Å².